The second-order valence-electron chi connectivity index (χ2n) is 6.09. The van der Waals surface area contributed by atoms with Crippen molar-refractivity contribution in [1.29, 1.82) is 0 Å². The molecule has 102 valence electrons. The molecule has 2 aliphatic heterocycles. The van der Waals surface area contributed by atoms with Crippen molar-refractivity contribution < 1.29 is 9.47 Å². The van der Waals surface area contributed by atoms with Gasteiger partial charge in [-0.05, 0) is 36.1 Å². The molecule has 19 heavy (non-hydrogen) atoms. The minimum Gasteiger partial charge on any atom is -0.493 e. The van der Waals surface area contributed by atoms with Crippen molar-refractivity contribution in [2.75, 3.05) is 19.7 Å². The van der Waals surface area contributed by atoms with Crippen LogP contribution in [0.2, 0.25) is 0 Å². The summed E-state index contributed by atoms with van der Waals surface area (Å²) >= 11 is 0. The first-order valence-corrected chi connectivity index (χ1v) is 7.49. The Bertz CT molecular complexity index is 480. The molecule has 0 radical (unpaired) electrons. The second-order valence-corrected chi connectivity index (χ2v) is 6.09. The normalized spacial score (nSPS) is 28.3. The zero-order valence-electron chi connectivity index (χ0n) is 11.3. The molecular weight excluding hydrogens is 238 g/mol. The summed E-state index contributed by atoms with van der Waals surface area (Å²) in [6.45, 7) is 2.78. The fraction of sp³-hybridized carbons (Fsp3) is 0.625. The van der Waals surface area contributed by atoms with Crippen molar-refractivity contribution in [3.05, 3.63) is 29.3 Å². The van der Waals surface area contributed by atoms with Crippen LogP contribution < -0.4 is 10.1 Å². The third-order valence-corrected chi connectivity index (χ3v) is 4.77. The number of morpholine rings is 1. The Morgan fingerprint density at radius 3 is 3.00 bits per heavy atom. The molecule has 1 unspecified atom stereocenters. The Morgan fingerprint density at radius 2 is 2.11 bits per heavy atom. The summed E-state index contributed by atoms with van der Waals surface area (Å²) in [5.41, 5.74) is 2.76. The average Bonchev–Trinajstić information content (AvgIpc) is 3.07. The van der Waals surface area contributed by atoms with Crippen LogP contribution in [0.15, 0.2) is 18.2 Å². The lowest BCUT2D eigenvalue weighted by molar-refractivity contribution is -0.114. The molecule has 0 amide bonds. The van der Waals surface area contributed by atoms with E-state index in [4.69, 9.17) is 9.47 Å². The predicted molar refractivity (Wildman–Crippen MR) is 73.5 cm³/mol. The highest BCUT2D eigenvalue weighted by molar-refractivity contribution is 5.40. The lowest BCUT2D eigenvalue weighted by Gasteiger charge is -2.39. The molecule has 3 aliphatic rings. The van der Waals surface area contributed by atoms with Crippen molar-refractivity contribution in [3.63, 3.8) is 0 Å². The summed E-state index contributed by atoms with van der Waals surface area (Å²) in [5, 5.41) is 3.58. The molecule has 1 spiro atoms. The highest BCUT2D eigenvalue weighted by atomic mass is 16.5. The molecule has 1 saturated carbocycles. The first kappa shape index (κ1) is 11.7. The molecule has 1 aromatic carbocycles. The summed E-state index contributed by atoms with van der Waals surface area (Å²) in [6.07, 6.45) is 6.29. The Balaban J connectivity index is 1.58. The minimum absolute atomic E-state index is 0.110. The van der Waals surface area contributed by atoms with Gasteiger partial charge in [0.1, 0.15) is 5.75 Å². The number of benzene rings is 1. The molecule has 1 aromatic rings. The van der Waals surface area contributed by atoms with Crippen molar-refractivity contribution in [3.8, 4) is 5.75 Å². The Labute approximate surface area is 114 Å². The molecule has 3 nitrogen and oxygen atoms in total. The van der Waals surface area contributed by atoms with Crippen LogP contribution >= 0.6 is 0 Å². The van der Waals surface area contributed by atoms with Crippen LogP contribution in [0, 0.1) is 0 Å². The Morgan fingerprint density at radius 1 is 1.21 bits per heavy atom. The number of fused-ring (bicyclic) bond motifs is 1. The summed E-state index contributed by atoms with van der Waals surface area (Å²) in [5.74, 6) is 1.06. The van der Waals surface area contributed by atoms with E-state index >= 15 is 0 Å². The van der Waals surface area contributed by atoms with Crippen LogP contribution in [0.3, 0.4) is 0 Å². The molecule has 1 saturated heterocycles. The van der Waals surface area contributed by atoms with Crippen LogP contribution in [0.1, 0.15) is 42.9 Å². The van der Waals surface area contributed by atoms with Crippen molar-refractivity contribution >= 4 is 0 Å². The van der Waals surface area contributed by atoms with Gasteiger partial charge in [0.15, 0.2) is 0 Å². The quantitative estimate of drug-likeness (QED) is 0.841. The van der Waals surface area contributed by atoms with E-state index in [1.165, 1.54) is 36.8 Å². The van der Waals surface area contributed by atoms with Gasteiger partial charge >= 0.3 is 0 Å². The molecule has 0 bridgehead atoms. The molecular formula is C16H21NO2. The lowest BCUT2D eigenvalue weighted by Crippen LogP contribution is -2.49. The van der Waals surface area contributed by atoms with E-state index in [9.17, 15) is 0 Å². The summed E-state index contributed by atoms with van der Waals surface area (Å²) < 4.78 is 12.1. The van der Waals surface area contributed by atoms with Crippen LogP contribution in [0.4, 0.5) is 0 Å². The minimum atomic E-state index is 0.110. The number of hydrogen-bond donors (Lipinski definition) is 1. The standard InChI is InChI=1S/C16H21NO2/c1-2-7-16(6-1)11-17-10-15(19-16)12-3-4-14-13(9-12)5-8-18-14/h3-4,9,15,17H,1-2,5-8,10-11H2. The Kier molecular flexibility index (Phi) is 2.78. The van der Waals surface area contributed by atoms with Gasteiger partial charge in [-0.25, -0.2) is 0 Å². The van der Waals surface area contributed by atoms with Crippen LogP contribution in [0.25, 0.3) is 0 Å². The molecule has 1 aliphatic carbocycles. The van der Waals surface area contributed by atoms with Gasteiger partial charge in [-0.3, -0.25) is 0 Å². The maximum atomic E-state index is 6.48. The fourth-order valence-corrected chi connectivity index (χ4v) is 3.72. The third-order valence-electron chi connectivity index (χ3n) is 4.77. The molecule has 3 heteroatoms. The zero-order valence-corrected chi connectivity index (χ0v) is 11.3. The van der Waals surface area contributed by atoms with Crippen LogP contribution in [-0.4, -0.2) is 25.3 Å². The highest BCUT2D eigenvalue weighted by Gasteiger charge is 2.40. The first-order chi connectivity index (χ1) is 9.35. The smallest absolute Gasteiger partial charge is 0.122 e. The van der Waals surface area contributed by atoms with Crippen LogP contribution in [0.5, 0.6) is 5.75 Å². The van der Waals surface area contributed by atoms with Crippen molar-refractivity contribution in [2.24, 2.45) is 0 Å². The molecule has 2 fully saturated rings. The molecule has 1 N–H and O–H groups in total. The Hall–Kier alpha value is -1.06. The number of rotatable bonds is 1. The monoisotopic (exact) mass is 259 g/mol. The SMILES string of the molecule is c1cc2c(cc1C1CNCC3(CCCC3)O1)CCO2. The summed E-state index contributed by atoms with van der Waals surface area (Å²) in [4.78, 5) is 0. The van der Waals surface area contributed by atoms with Gasteiger partial charge in [-0.15, -0.1) is 0 Å². The van der Waals surface area contributed by atoms with Gasteiger partial charge in [0, 0.05) is 19.5 Å². The molecule has 0 aromatic heterocycles. The number of hydrogen-bond acceptors (Lipinski definition) is 3. The van der Waals surface area contributed by atoms with Gasteiger partial charge in [0.2, 0.25) is 0 Å². The van der Waals surface area contributed by atoms with Crippen molar-refractivity contribution in [2.45, 2.75) is 43.8 Å². The first-order valence-electron chi connectivity index (χ1n) is 7.49. The maximum Gasteiger partial charge on any atom is 0.122 e. The highest BCUT2D eigenvalue weighted by Crippen LogP contribution is 2.40. The topological polar surface area (TPSA) is 30.5 Å². The molecule has 1 atom stereocenters. The van der Waals surface area contributed by atoms with E-state index in [1.807, 2.05) is 0 Å². The summed E-state index contributed by atoms with van der Waals surface area (Å²) in [7, 11) is 0. The van der Waals surface area contributed by atoms with E-state index in [0.717, 1.165) is 31.9 Å². The van der Waals surface area contributed by atoms with Gasteiger partial charge < -0.3 is 14.8 Å². The maximum absolute atomic E-state index is 6.48. The van der Waals surface area contributed by atoms with Crippen LogP contribution in [-0.2, 0) is 11.2 Å². The van der Waals surface area contributed by atoms with E-state index in [0.29, 0.717) is 0 Å². The van der Waals surface area contributed by atoms with Gasteiger partial charge in [-0.1, -0.05) is 18.9 Å². The average molecular weight is 259 g/mol. The lowest BCUT2D eigenvalue weighted by atomic mass is 9.96. The number of nitrogens with one attached hydrogen (secondary N) is 1. The number of ether oxygens (including phenoxy) is 2. The third kappa shape index (κ3) is 2.05. The fourth-order valence-electron chi connectivity index (χ4n) is 3.72. The zero-order chi connectivity index (χ0) is 12.7. The molecule has 4 rings (SSSR count). The van der Waals surface area contributed by atoms with E-state index in [1.54, 1.807) is 0 Å². The second kappa shape index (κ2) is 4.50. The predicted octanol–water partition coefficient (Wildman–Crippen LogP) is 2.60. The molecule has 2 heterocycles. The van der Waals surface area contributed by atoms with E-state index in [2.05, 4.69) is 23.5 Å². The van der Waals surface area contributed by atoms with Crippen molar-refractivity contribution in [1.82, 2.24) is 5.32 Å². The van der Waals surface area contributed by atoms with E-state index in [-0.39, 0.29) is 11.7 Å². The largest absolute Gasteiger partial charge is 0.493 e. The van der Waals surface area contributed by atoms with Gasteiger partial charge in [0.25, 0.3) is 0 Å². The van der Waals surface area contributed by atoms with E-state index < -0.39 is 0 Å². The van der Waals surface area contributed by atoms with Gasteiger partial charge in [0.05, 0.1) is 18.3 Å². The van der Waals surface area contributed by atoms with Gasteiger partial charge in [-0.2, -0.15) is 0 Å². The summed E-state index contributed by atoms with van der Waals surface area (Å²) in [6, 6.07) is 6.56.